The highest BCUT2D eigenvalue weighted by Gasteiger charge is 2.33. The average Bonchev–Trinajstić information content (AvgIpc) is 2.47. The summed E-state index contributed by atoms with van der Waals surface area (Å²) >= 11 is 3.24. The number of likely N-dealkylation sites (N-methyl/N-ethyl adjacent to an activating group) is 1. The Labute approximate surface area is 125 Å². The van der Waals surface area contributed by atoms with E-state index in [0.717, 1.165) is 0 Å². The third-order valence-corrected chi connectivity index (χ3v) is 3.42. The number of pyridine rings is 1. The van der Waals surface area contributed by atoms with Crippen LogP contribution in [0.15, 0.2) is 22.8 Å². The molecule has 0 radical (unpaired) electrons. The SMILES string of the molecule is CCNC(=O)C1COCCN1C(=O)c1cccc(Br)n1. The van der Waals surface area contributed by atoms with Gasteiger partial charge in [0.25, 0.3) is 5.91 Å². The summed E-state index contributed by atoms with van der Waals surface area (Å²) < 4.78 is 5.89. The van der Waals surface area contributed by atoms with E-state index in [4.69, 9.17) is 4.74 Å². The van der Waals surface area contributed by atoms with E-state index >= 15 is 0 Å². The van der Waals surface area contributed by atoms with Crippen molar-refractivity contribution in [2.24, 2.45) is 0 Å². The van der Waals surface area contributed by atoms with Gasteiger partial charge in [0.1, 0.15) is 16.3 Å². The van der Waals surface area contributed by atoms with Crippen molar-refractivity contribution in [3.63, 3.8) is 0 Å². The minimum absolute atomic E-state index is 0.199. The predicted octanol–water partition coefficient (Wildman–Crippen LogP) is 0.821. The summed E-state index contributed by atoms with van der Waals surface area (Å²) in [6.45, 7) is 3.38. The molecule has 1 aliphatic rings. The van der Waals surface area contributed by atoms with Crippen molar-refractivity contribution in [3.8, 4) is 0 Å². The van der Waals surface area contributed by atoms with Gasteiger partial charge < -0.3 is 15.0 Å². The molecular weight excluding hydrogens is 326 g/mol. The van der Waals surface area contributed by atoms with Crippen LogP contribution in [-0.4, -0.2) is 54.0 Å². The van der Waals surface area contributed by atoms with Gasteiger partial charge in [-0.1, -0.05) is 6.07 Å². The molecule has 1 atom stereocenters. The number of hydrogen-bond acceptors (Lipinski definition) is 4. The first-order valence-corrected chi connectivity index (χ1v) is 7.21. The maximum absolute atomic E-state index is 12.5. The maximum Gasteiger partial charge on any atom is 0.273 e. The van der Waals surface area contributed by atoms with Crippen molar-refractivity contribution >= 4 is 27.7 Å². The standard InChI is InChI=1S/C13H16BrN3O3/c1-2-15-12(18)10-8-20-7-6-17(10)13(19)9-4-3-5-11(14)16-9/h3-5,10H,2,6-8H2,1H3,(H,15,18). The topological polar surface area (TPSA) is 71.5 Å². The van der Waals surface area contributed by atoms with Crippen LogP contribution in [-0.2, 0) is 9.53 Å². The molecule has 7 heteroatoms. The lowest BCUT2D eigenvalue weighted by Crippen LogP contribution is -2.56. The van der Waals surface area contributed by atoms with Crippen molar-refractivity contribution in [2.45, 2.75) is 13.0 Å². The number of rotatable bonds is 3. The van der Waals surface area contributed by atoms with Crippen LogP contribution in [0, 0.1) is 0 Å². The summed E-state index contributed by atoms with van der Waals surface area (Å²) in [5.41, 5.74) is 0.315. The van der Waals surface area contributed by atoms with E-state index in [1.165, 1.54) is 4.90 Å². The zero-order chi connectivity index (χ0) is 14.5. The summed E-state index contributed by atoms with van der Waals surface area (Å²) in [5, 5.41) is 2.72. The van der Waals surface area contributed by atoms with E-state index in [1.54, 1.807) is 18.2 Å². The van der Waals surface area contributed by atoms with Gasteiger partial charge in [0.15, 0.2) is 0 Å². The maximum atomic E-state index is 12.5. The highest BCUT2D eigenvalue weighted by atomic mass is 79.9. The number of carbonyl (C=O) groups is 2. The molecule has 1 fully saturated rings. The largest absolute Gasteiger partial charge is 0.377 e. The van der Waals surface area contributed by atoms with Crippen molar-refractivity contribution in [2.75, 3.05) is 26.3 Å². The summed E-state index contributed by atoms with van der Waals surface area (Å²) in [6.07, 6.45) is 0. The monoisotopic (exact) mass is 341 g/mol. The average molecular weight is 342 g/mol. The quantitative estimate of drug-likeness (QED) is 0.826. The van der Waals surface area contributed by atoms with Gasteiger partial charge in [-0.15, -0.1) is 0 Å². The molecule has 2 amide bonds. The number of nitrogens with one attached hydrogen (secondary N) is 1. The fourth-order valence-electron chi connectivity index (χ4n) is 2.03. The molecule has 0 bridgehead atoms. The molecule has 1 aromatic heterocycles. The van der Waals surface area contributed by atoms with Gasteiger partial charge in [-0.2, -0.15) is 0 Å². The summed E-state index contributed by atoms with van der Waals surface area (Å²) in [7, 11) is 0. The number of nitrogens with zero attached hydrogens (tertiary/aromatic N) is 2. The van der Waals surface area contributed by atoms with Gasteiger partial charge in [0, 0.05) is 13.1 Å². The number of amides is 2. The Kier molecular flexibility index (Phi) is 5.08. The molecule has 1 unspecified atom stereocenters. The van der Waals surface area contributed by atoms with Crippen LogP contribution in [0.3, 0.4) is 0 Å². The van der Waals surface area contributed by atoms with Crippen LogP contribution in [0.25, 0.3) is 0 Å². The molecule has 1 aromatic rings. The third-order valence-electron chi connectivity index (χ3n) is 2.98. The fourth-order valence-corrected chi connectivity index (χ4v) is 2.37. The fraction of sp³-hybridized carbons (Fsp3) is 0.462. The van der Waals surface area contributed by atoms with E-state index < -0.39 is 6.04 Å². The smallest absolute Gasteiger partial charge is 0.273 e. The third kappa shape index (κ3) is 3.34. The highest BCUT2D eigenvalue weighted by molar-refractivity contribution is 9.10. The first-order chi connectivity index (χ1) is 9.63. The Bertz CT molecular complexity index is 509. The van der Waals surface area contributed by atoms with Crippen molar-refractivity contribution in [3.05, 3.63) is 28.5 Å². The first kappa shape index (κ1) is 14.9. The Balaban J connectivity index is 2.19. The molecule has 0 saturated carbocycles. The Morgan fingerprint density at radius 1 is 1.55 bits per heavy atom. The second-order valence-corrected chi connectivity index (χ2v) is 5.14. The Morgan fingerprint density at radius 2 is 2.35 bits per heavy atom. The Hall–Kier alpha value is -1.47. The zero-order valence-corrected chi connectivity index (χ0v) is 12.7. The molecule has 1 N–H and O–H groups in total. The molecule has 2 rings (SSSR count). The van der Waals surface area contributed by atoms with Crippen LogP contribution in [0.5, 0.6) is 0 Å². The van der Waals surface area contributed by atoms with Crippen LogP contribution < -0.4 is 5.32 Å². The lowest BCUT2D eigenvalue weighted by atomic mass is 10.2. The lowest BCUT2D eigenvalue weighted by Gasteiger charge is -2.34. The van der Waals surface area contributed by atoms with E-state index in [2.05, 4.69) is 26.2 Å². The van der Waals surface area contributed by atoms with Gasteiger partial charge in [-0.3, -0.25) is 9.59 Å². The van der Waals surface area contributed by atoms with Crippen molar-refractivity contribution in [1.29, 1.82) is 0 Å². The summed E-state index contributed by atoms with van der Waals surface area (Å²) in [5.74, 6) is -0.457. The normalized spacial score (nSPS) is 18.7. The van der Waals surface area contributed by atoms with Crippen LogP contribution in [0.2, 0.25) is 0 Å². The van der Waals surface area contributed by atoms with Gasteiger partial charge in [0.2, 0.25) is 5.91 Å². The van der Waals surface area contributed by atoms with Gasteiger partial charge in [0.05, 0.1) is 13.2 Å². The van der Waals surface area contributed by atoms with E-state index in [0.29, 0.717) is 30.0 Å². The number of aromatic nitrogens is 1. The minimum Gasteiger partial charge on any atom is -0.377 e. The molecule has 2 heterocycles. The van der Waals surface area contributed by atoms with Crippen molar-refractivity contribution < 1.29 is 14.3 Å². The van der Waals surface area contributed by atoms with Crippen molar-refractivity contribution in [1.82, 2.24) is 15.2 Å². The van der Waals surface area contributed by atoms with Gasteiger partial charge in [-0.05, 0) is 35.0 Å². The molecule has 20 heavy (non-hydrogen) atoms. The second-order valence-electron chi connectivity index (χ2n) is 4.33. The minimum atomic E-state index is -0.600. The lowest BCUT2D eigenvalue weighted by molar-refractivity contribution is -0.130. The van der Waals surface area contributed by atoms with E-state index in [9.17, 15) is 9.59 Å². The molecule has 108 valence electrons. The molecular formula is C13H16BrN3O3. The van der Waals surface area contributed by atoms with Crippen LogP contribution in [0.1, 0.15) is 17.4 Å². The number of hydrogen-bond donors (Lipinski definition) is 1. The number of halogens is 1. The number of ether oxygens (including phenoxy) is 1. The predicted molar refractivity (Wildman–Crippen MR) is 76.3 cm³/mol. The Morgan fingerprint density at radius 3 is 3.05 bits per heavy atom. The van der Waals surface area contributed by atoms with Crippen LogP contribution in [0.4, 0.5) is 0 Å². The highest BCUT2D eigenvalue weighted by Crippen LogP contribution is 2.14. The van der Waals surface area contributed by atoms with E-state index in [1.807, 2.05) is 6.92 Å². The molecule has 1 aliphatic heterocycles. The molecule has 1 saturated heterocycles. The molecule has 0 spiro atoms. The molecule has 0 aliphatic carbocycles. The van der Waals surface area contributed by atoms with Gasteiger partial charge in [-0.25, -0.2) is 4.98 Å². The second kappa shape index (κ2) is 6.81. The van der Waals surface area contributed by atoms with Crippen LogP contribution >= 0.6 is 15.9 Å². The number of carbonyl (C=O) groups excluding carboxylic acids is 2. The molecule has 0 aromatic carbocycles. The van der Waals surface area contributed by atoms with E-state index in [-0.39, 0.29) is 18.4 Å². The first-order valence-electron chi connectivity index (χ1n) is 6.42. The summed E-state index contributed by atoms with van der Waals surface area (Å²) in [4.78, 5) is 30.1. The van der Waals surface area contributed by atoms with Gasteiger partial charge >= 0.3 is 0 Å². The zero-order valence-electron chi connectivity index (χ0n) is 11.1. The number of morpholine rings is 1. The molecule has 6 nitrogen and oxygen atoms in total. The summed E-state index contributed by atoms with van der Waals surface area (Å²) in [6, 6.07) is 4.53.